The molecule has 0 aliphatic heterocycles. The Balaban J connectivity index is 3.61. The van der Waals surface area contributed by atoms with Crippen LogP contribution in [0, 0.1) is 0 Å². The molecular weight excluding hydrogens is 765 g/mol. The van der Waals surface area contributed by atoms with Crippen molar-refractivity contribution in [2.24, 2.45) is 0 Å². The van der Waals surface area contributed by atoms with Crippen molar-refractivity contribution in [3.8, 4) is 0 Å². The molecule has 0 aromatic carbocycles. The predicted octanol–water partition coefficient (Wildman–Crippen LogP) is 16.7. The number of unbranched alkanes of at least 4 members (excludes halogenated alkanes) is 16. The van der Waals surface area contributed by atoms with E-state index in [0.29, 0.717) is 12.8 Å². The van der Waals surface area contributed by atoms with E-state index >= 15 is 0 Å². The summed E-state index contributed by atoms with van der Waals surface area (Å²) in [4.78, 5) is 24.5. The molecule has 0 bridgehead atoms. The average molecular weight is 857 g/mol. The molecule has 0 amide bonds. The number of hydrogen-bond acceptors (Lipinski definition) is 5. The maximum atomic E-state index is 12.3. The molecule has 62 heavy (non-hydrogen) atoms. The van der Waals surface area contributed by atoms with Gasteiger partial charge in [-0.2, -0.15) is 0 Å². The van der Waals surface area contributed by atoms with E-state index in [1.807, 2.05) is 0 Å². The minimum Gasteiger partial charge on any atom is -0.462 e. The normalized spacial score (nSPS) is 13.3. The van der Waals surface area contributed by atoms with Crippen LogP contribution in [0.4, 0.5) is 0 Å². The topological polar surface area (TPSA) is 72.8 Å². The highest BCUT2D eigenvalue weighted by atomic mass is 16.6. The zero-order chi connectivity index (χ0) is 44.9. The molecule has 0 radical (unpaired) electrons. The summed E-state index contributed by atoms with van der Waals surface area (Å²) in [5.74, 6) is -0.620. The number of carbonyl (C=O) groups excluding carboxylic acids is 2. The average Bonchev–Trinajstić information content (AvgIpc) is 3.28. The molecule has 0 aromatic heterocycles. The quantitative estimate of drug-likeness (QED) is 0.0375. The first-order valence-electron chi connectivity index (χ1n) is 25.1. The monoisotopic (exact) mass is 857 g/mol. The summed E-state index contributed by atoms with van der Waals surface area (Å²) in [6.45, 7) is 3.89. The molecule has 0 fully saturated rings. The minimum absolute atomic E-state index is 0.0821. The Morgan fingerprint density at radius 3 is 0.968 bits per heavy atom. The molecule has 5 nitrogen and oxygen atoms in total. The molecule has 0 aliphatic rings. The van der Waals surface area contributed by atoms with Gasteiger partial charge < -0.3 is 14.6 Å². The SMILES string of the molecule is CC/C=C\C/C=C\C/C=C\C/C=C\C/C=C\C/C=C\CCCCCCCCC(=O)OC(CO)COC(=O)CCCCCCCCCCCC/C=C\C/C=C\C/C=C\C/C=C\CC. The number of carbonyl (C=O) groups is 2. The Bertz CT molecular complexity index is 1290. The third-order valence-corrected chi connectivity index (χ3v) is 10.3. The van der Waals surface area contributed by atoms with Crippen LogP contribution in [0.5, 0.6) is 0 Å². The van der Waals surface area contributed by atoms with Crippen LogP contribution in [-0.4, -0.2) is 36.4 Å². The van der Waals surface area contributed by atoms with Crippen LogP contribution >= 0.6 is 0 Å². The van der Waals surface area contributed by atoms with Gasteiger partial charge in [-0.3, -0.25) is 9.59 Å². The first kappa shape index (κ1) is 58.3. The summed E-state index contributed by atoms with van der Waals surface area (Å²) in [7, 11) is 0. The van der Waals surface area contributed by atoms with E-state index in [2.05, 4.69) is 135 Å². The van der Waals surface area contributed by atoms with Crippen LogP contribution in [0.25, 0.3) is 0 Å². The molecule has 1 atom stereocenters. The summed E-state index contributed by atoms with van der Waals surface area (Å²) < 4.78 is 10.7. The van der Waals surface area contributed by atoms with E-state index in [9.17, 15) is 14.7 Å². The van der Waals surface area contributed by atoms with Crippen LogP contribution in [0.3, 0.4) is 0 Å². The van der Waals surface area contributed by atoms with E-state index in [0.717, 1.165) is 109 Å². The molecule has 1 N–H and O–H groups in total. The Morgan fingerprint density at radius 2 is 0.645 bits per heavy atom. The minimum atomic E-state index is -0.791. The van der Waals surface area contributed by atoms with Crippen molar-refractivity contribution in [3.63, 3.8) is 0 Å². The number of esters is 2. The van der Waals surface area contributed by atoms with Crippen LogP contribution < -0.4 is 0 Å². The Kier molecular flexibility index (Phi) is 48.6. The summed E-state index contributed by atoms with van der Waals surface area (Å²) in [6, 6.07) is 0. The van der Waals surface area contributed by atoms with Gasteiger partial charge in [0.2, 0.25) is 0 Å². The summed E-state index contributed by atoms with van der Waals surface area (Å²) >= 11 is 0. The molecule has 0 heterocycles. The van der Waals surface area contributed by atoms with Crippen molar-refractivity contribution in [2.45, 2.75) is 213 Å². The molecule has 1 unspecified atom stereocenters. The fourth-order valence-electron chi connectivity index (χ4n) is 6.55. The Morgan fingerprint density at radius 1 is 0.371 bits per heavy atom. The lowest BCUT2D eigenvalue weighted by atomic mass is 10.1. The third kappa shape index (κ3) is 49.0. The predicted molar refractivity (Wildman–Crippen MR) is 269 cm³/mol. The zero-order valence-electron chi connectivity index (χ0n) is 39.8. The number of allylic oxidation sites excluding steroid dienone is 20. The van der Waals surface area contributed by atoms with Gasteiger partial charge in [0.15, 0.2) is 6.10 Å². The molecule has 0 aliphatic carbocycles. The summed E-state index contributed by atoms with van der Waals surface area (Å²) in [6.07, 6.45) is 75.6. The van der Waals surface area contributed by atoms with Gasteiger partial charge in [-0.05, 0) is 103 Å². The molecule has 0 saturated heterocycles. The lowest BCUT2D eigenvalue weighted by molar-refractivity contribution is -0.161. The second-order valence-electron chi connectivity index (χ2n) is 16.1. The maximum Gasteiger partial charge on any atom is 0.306 e. The number of rotatable bonds is 44. The van der Waals surface area contributed by atoms with Gasteiger partial charge in [-0.1, -0.05) is 212 Å². The van der Waals surface area contributed by atoms with Gasteiger partial charge in [0.05, 0.1) is 6.61 Å². The van der Waals surface area contributed by atoms with Crippen LogP contribution in [0.1, 0.15) is 206 Å². The van der Waals surface area contributed by atoms with Crippen molar-refractivity contribution in [1.29, 1.82) is 0 Å². The van der Waals surface area contributed by atoms with Gasteiger partial charge in [0.1, 0.15) is 6.61 Å². The first-order valence-corrected chi connectivity index (χ1v) is 25.1. The van der Waals surface area contributed by atoms with E-state index in [-0.39, 0.29) is 25.2 Å². The summed E-state index contributed by atoms with van der Waals surface area (Å²) in [5.41, 5.74) is 0. The van der Waals surface area contributed by atoms with Gasteiger partial charge in [-0.25, -0.2) is 0 Å². The van der Waals surface area contributed by atoms with Crippen molar-refractivity contribution < 1.29 is 24.2 Å². The van der Waals surface area contributed by atoms with Gasteiger partial charge in [-0.15, -0.1) is 0 Å². The molecule has 0 spiro atoms. The second kappa shape index (κ2) is 51.6. The number of aliphatic hydroxyl groups excluding tert-OH is 1. The van der Waals surface area contributed by atoms with E-state index in [1.165, 1.54) is 70.6 Å². The molecule has 350 valence electrons. The summed E-state index contributed by atoms with van der Waals surface area (Å²) in [5, 5.41) is 9.63. The standard InChI is InChI=1S/C57H92O5/c1-3-5-7-9-11-13-15-17-19-21-23-25-27-28-30-32-34-36-38-40-42-44-46-48-50-52-57(60)62-55(53-58)54-61-56(59)51-49-47-45-43-41-39-37-35-33-31-29-26-24-22-20-18-16-14-12-10-8-6-4-2/h5-8,11-14,17-20,23-26,28,30,34,36,55,58H,3-4,9-10,15-16,21-22,27,29,31-33,35,37-54H2,1-2H3/b7-5-,8-6-,13-11-,14-12-,19-17-,20-18-,25-23-,26-24-,30-28-,36-34-. The van der Waals surface area contributed by atoms with E-state index in [4.69, 9.17) is 9.47 Å². The van der Waals surface area contributed by atoms with Crippen molar-refractivity contribution in [2.75, 3.05) is 13.2 Å². The van der Waals surface area contributed by atoms with Crippen LogP contribution in [-0.2, 0) is 19.1 Å². The maximum absolute atomic E-state index is 12.3. The van der Waals surface area contributed by atoms with E-state index in [1.54, 1.807) is 0 Å². The van der Waals surface area contributed by atoms with Crippen molar-refractivity contribution in [1.82, 2.24) is 0 Å². The van der Waals surface area contributed by atoms with Crippen LogP contribution in [0.15, 0.2) is 122 Å². The van der Waals surface area contributed by atoms with Crippen molar-refractivity contribution in [3.05, 3.63) is 122 Å². The highest BCUT2D eigenvalue weighted by Gasteiger charge is 2.16. The molecule has 0 rings (SSSR count). The van der Waals surface area contributed by atoms with Gasteiger partial charge in [0.25, 0.3) is 0 Å². The first-order chi connectivity index (χ1) is 30.6. The zero-order valence-corrected chi connectivity index (χ0v) is 39.8. The smallest absolute Gasteiger partial charge is 0.306 e. The number of hydrogen-bond donors (Lipinski definition) is 1. The van der Waals surface area contributed by atoms with E-state index < -0.39 is 6.10 Å². The second-order valence-corrected chi connectivity index (χ2v) is 16.1. The van der Waals surface area contributed by atoms with Gasteiger partial charge >= 0.3 is 11.9 Å². The van der Waals surface area contributed by atoms with Crippen LogP contribution in [0.2, 0.25) is 0 Å². The number of aliphatic hydroxyl groups is 1. The lowest BCUT2D eigenvalue weighted by Gasteiger charge is -2.15. The molecule has 0 aromatic rings. The fraction of sp³-hybridized carbons (Fsp3) is 0.614. The fourth-order valence-corrected chi connectivity index (χ4v) is 6.55. The third-order valence-electron chi connectivity index (χ3n) is 10.3. The van der Waals surface area contributed by atoms with Gasteiger partial charge in [0, 0.05) is 12.8 Å². The van der Waals surface area contributed by atoms with Crippen molar-refractivity contribution >= 4 is 11.9 Å². The Labute approximate surface area is 382 Å². The lowest BCUT2D eigenvalue weighted by Crippen LogP contribution is -2.28. The highest BCUT2D eigenvalue weighted by molar-refractivity contribution is 5.70. The molecule has 0 saturated carbocycles. The molecule has 5 heteroatoms. The molecular formula is C57H92O5. The Hall–Kier alpha value is -3.70. The largest absolute Gasteiger partial charge is 0.462 e. The highest BCUT2D eigenvalue weighted by Crippen LogP contribution is 2.14. The number of ether oxygens (including phenoxy) is 2.